The smallest absolute Gasteiger partial charge is 0.264 e. The summed E-state index contributed by atoms with van der Waals surface area (Å²) in [4.78, 5) is 17.1. The summed E-state index contributed by atoms with van der Waals surface area (Å²) in [6.07, 6.45) is 3.86. The van der Waals surface area contributed by atoms with Gasteiger partial charge in [0.25, 0.3) is 5.91 Å². The molecule has 1 heterocycles. The molecule has 126 valence electrons. The number of allylic oxidation sites excluding steroid dienone is 2. The van der Waals surface area contributed by atoms with Crippen molar-refractivity contribution in [2.75, 3.05) is 0 Å². The van der Waals surface area contributed by atoms with Crippen molar-refractivity contribution in [3.05, 3.63) is 80.7 Å². The molecule has 1 fully saturated rings. The number of benzene rings is 2. The summed E-state index contributed by atoms with van der Waals surface area (Å²) < 4.78 is 0. The van der Waals surface area contributed by atoms with E-state index in [-0.39, 0.29) is 5.91 Å². The van der Waals surface area contributed by atoms with Crippen molar-refractivity contribution in [1.82, 2.24) is 5.32 Å². The molecule has 1 amide bonds. The molecular formula is C19H14Cl2N2OS. The lowest BCUT2D eigenvalue weighted by molar-refractivity contribution is -0.115. The number of amides is 1. The van der Waals surface area contributed by atoms with Gasteiger partial charge >= 0.3 is 0 Å². The van der Waals surface area contributed by atoms with Gasteiger partial charge in [-0.3, -0.25) is 4.79 Å². The van der Waals surface area contributed by atoms with Gasteiger partial charge in [0.05, 0.1) is 20.6 Å². The number of thioether (sulfide) groups is 1. The molecule has 2 aromatic carbocycles. The molecule has 2 aromatic rings. The first-order valence-electron chi connectivity index (χ1n) is 7.50. The minimum Gasteiger partial charge on any atom is -0.300 e. The maximum absolute atomic E-state index is 12.1. The number of hydrogen-bond acceptors (Lipinski definition) is 3. The van der Waals surface area contributed by atoms with Crippen LogP contribution >= 0.6 is 35.0 Å². The molecule has 3 rings (SSSR count). The molecule has 0 bridgehead atoms. The highest BCUT2D eigenvalue weighted by Crippen LogP contribution is 2.34. The van der Waals surface area contributed by atoms with Crippen LogP contribution in [0.1, 0.15) is 12.5 Å². The van der Waals surface area contributed by atoms with E-state index < -0.39 is 0 Å². The van der Waals surface area contributed by atoms with Gasteiger partial charge < -0.3 is 5.32 Å². The lowest BCUT2D eigenvalue weighted by Crippen LogP contribution is -2.19. The summed E-state index contributed by atoms with van der Waals surface area (Å²) in [5, 5.41) is 4.02. The van der Waals surface area contributed by atoms with Crippen molar-refractivity contribution in [2.45, 2.75) is 6.92 Å². The summed E-state index contributed by atoms with van der Waals surface area (Å²) in [5.74, 6) is -0.178. The third kappa shape index (κ3) is 4.54. The van der Waals surface area contributed by atoms with E-state index in [1.165, 1.54) is 11.8 Å². The quantitative estimate of drug-likeness (QED) is 0.671. The molecule has 1 aliphatic rings. The number of hydrogen-bond donors (Lipinski definition) is 1. The van der Waals surface area contributed by atoms with Gasteiger partial charge in [-0.15, -0.1) is 0 Å². The van der Waals surface area contributed by atoms with E-state index in [1.807, 2.05) is 49.4 Å². The Kier molecular flexibility index (Phi) is 5.63. The van der Waals surface area contributed by atoms with Crippen LogP contribution in [0.2, 0.25) is 10.0 Å². The number of nitrogens with one attached hydrogen (secondary N) is 1. The fourth-order valence-electron chi connectivity index (χ4n) is 2.23. The number of aliphatic imine (C=N–C) groups is 1. The highest BCUT2D eigenvalue weighted by Gasteiger charge is 2.24. The van der Waals surface area contributed by atoms with Crippen LogP contribution in [0.4, 0.5) is 5.69 Å². The van der Waals surface area contributed by atoms with Crippen LogP contribution in [0, 0.1) is 0 Å². The van der Waals surface area contributed by atoms with Gasteiger partial charge in [-0.05, 0) is 48.0 Å². The van der Waals surface area contributed by atoms with Gasteiger partial charge in [-0.2, -0.15) is 0 Å². The predicted octanol–water partition coefficient (Wildman–Crippen LogP) is 5.83. The third-order valence-electron chi connectivity index (χ3n) is 3.36. The molecular weight excluding hydrogens is 375 g/mol. The van der Waals surface area contributed by atoms with Crippen LogP contribution in [-0.2, 0) is 4.79 Å². The Labute approximate surface area is 160 Å². The van der Waals surface area contributed by atoms with E-state index in [4.69, 9.17) is 23.2 Å². The van der Waals surface area contributed by atoms with Crippen LogP contribution in [0.25, 0.3) is 6.08 Å². The predicted molar refractivity (Wildman–Crippen MR) is 107 cm³/mol. The van der Waals surface area contributed by atoms with Gasteiger partial charge in [0.2, 0.25) is 0 Å². The molecule has 25 heavy (non-hydrogen) atoms. The summed E-state index contributed by atoms with van der Waals surface area (Å²) >= 11 is 13.4. The van der Waals surface area contributed by atoms with Crippen molar-refractivity contribution in [3.8, 4) is 0 Å². The lowest BCUT2D eigenvalue weighted by Gasteiger charge is -2.00. The molecule has 0 unspecified atom stereocenters. The maximum atomic E-state index is 12.1. The average molecular weight is 389 g/mol. The second-order valence-corrected chi connectivity index (χ2v) is 7.17. The molecule has 0 spiro atoms. The first-order chi connectivity index (χ1) is 12.0. The second-order valence-electron chi connectivity index (χ2n) is 5.35. The van der Waals surface area contributed by atoms with Crippen molar-refractivity contribution in [1.29, 1.82) is 0 Å². The number of rotatable bonds is 3. The highest BCUT2D eigenvalue weighted by molar-refractivity contribution is 8.18. The van der Waals surface area contributed by atoms with E-state index in [9.17, 15) is 4.79 Å². The van der Waals surface area contributed by atoms with Crippen molar-refractivity contribution in [2.24, 2.45) is 4.99 Å². The van der Waals surface area contributed by atoms with Crippen LogP contribution in [0.15, 0.2) is 70.1 Å². The number of carbonyl (C=O) groups excluding carboxylic acids is 1. The lowest BCUT2D eigenvalue weighted by atomic mass is 10.1. The molecule has 0 atom stereocenters. The third-order valence-corrected chi connectivity index (χ3v) is 5.08. The zero-order chi connectivity index (χ0) is 17.8. The van der Waals surface area contributed by atoms with Gasteiger partial charge in [-0.25, -0.2) is 4.99 Å². The van der Waals surface area contributed by atoms with Crippen LogP contribution in [0.5, 0.6) is 0 Å². The van der Waals surface area contributed by atoms with E-state index in [2.05, 4.69) is 10.3 Å². The molecule has 0 radical (unpaired) electrons. The van der Waals surface area contributed by atoms with Gasteiger partial charge in [0.15, 0.2) is 5.17 Å². The zero-order valence-electron chi connectivity index (χ0n) is 13.3. The monoisotopic (exact) mass is 388 g/mol. The topological polar surface area (TPSA) is 41.5 Å². The Morgan fingerprint density at radius 2 is 1.88 bits per heavy atom. The fraction of sp³-hybridized carbons (Fsp3) is 0.0526. The van der Waals surface area contributed by atoms with E-state index >= 15 is 0 Å². The van der Waals surface area contributed by atoms with E-state index in [0.717, 1.165) is 11.1 Å². The summed E-state index contributed by atoms with van der Waals surface area (Å²) in [5.41, 5.74) is 2.58. The molecule has 0 saturated carbocycles. The Balaban J connectivity index is 1.81. The summed E-state index contributed by atoms with van der Waals surface area (Å²) in [7, 11) is 0. The fourth-order valence-corrected chi connectivity index (χ4v) is 3.45. The molecule has 3 nitrogen and oxygen atoms in total. The van der Waals surface area contributed by atoms with Gasteiger partial charge in [0.1, 0.15) is 0 Å². The number of nitrogens with zero attached hydrogens (tertiary/aromatic N) is 1. The van der Waals surface area contributed by atoms with Crippen LogP contribution < -0.4 is 5.32 Å². The Morgan fingerprint density at radius 1 is 1.12 bits per heavy atom. The number of carbonyl (C=O) groups is 1. The Morgan fingerprint density at radius 3 is 2.64 bits per heavy atom. The number of amidine groups is 1. The second kappa shape index (κ2) is 7.91. The minimum absolute atomic E-state index is 0.178. The van der Waals surface area contributed by atoms with E-state index in [0.29, 0.717) is 25.8 Å². The molecule has 1 N–H and O–H groups in total. The molecule has 1 saturated heterocycles. The number of halogens is 2. The molecule has 0 aliphatic carbocycles. The standard InChI is InChI=1S/C19H14Cl2N2OS/c1-12(10-13-6-3-2-4-7-13)11-16-18(24)23-19(25-16)22-15-9-5-8-14(20)17(15)21/h2-11H,1H3,(H,22,23,24)/b12-10?,16-11-. The van der Waals surface area contributed by atoms with E-state index in [1.54, 1.807) is 18.2 Å². The summed E-state index contributed by atoms with van der Waals surface area (Å²) in [6, 6.07) is 15.1. The molecule has 1 aliphatic heterocycles. The normalized spacial score (nSPS) is 18.0. The minimum atomic E-state index is -0.178. The van der Waals surface area contributed by atoms with Crippen LogP contribution in [-0.4, -0.2) is 11.1 Å². The van der Waals surface area contributed by atoms with Crippen molar-refractivity contribution in [3.63, 3.8) is 0 Å². The average Bonchev–Trinajstić information content (AvgIpc) is 2.92. The SMILES string of the molecule is CC(=Cc1ccccc1)/C=C1\SC(=Nc2cccc(Cl)c2Cl)NC1=O. The molecule has 0 aromatic heterocycles. The van der Waals surface area contributed by atoms with Crippen LogP contribution in [0.3, 0.4) is 0 Å². The Hall–Kier alpha value is -2.01. The largest absolute Gasteiger partial charge is 0.300 e. The van der Waals surface area contributed by atoms with Gasteiger partial charge in [0, 0.05) is 0 Å². The summed E-state index contributed by atoms with van der Waals surface area (Å²) in [6.45, 7) is 1.96. The highest BCUT2D eigenvalue weighted by atomic mass is 35.5. The first-order valence-corrected chi connectivity index (χ1v) is 9.07. The van der Waals surface area contributed by atoms with Crippen molar-refractivity contribution >= 4 is 57.8 Å². The first kappa shape index (κ1) is 17.8. The maximum Gasteiger partial charge on any atom is 0.264 e. The molecule has 6 heteroatoms. The van der Waals surface area contributed by atoms with Crippen molar-refractivity contribution < 1.29 is 4.79 Å². The van der Waals surface area contributed by atoms with Gasteiger partial charge in [-0.1, -0.05) is 65.7 Å². The zero-order valence-corrected chi connectivity index (χ0v) is 15.6. The Bertz CT molecular complexity index is 905.